The number of nitrogens with zero attached hydrogens (tertiary/aromatic N) is 2. The van der Waals surface area contributed by atoms with Crippen molar-refractivity contribution in [3.05, 3.63) is 58.6 Å². The lowest BCUT2D eigenvalue weighted by molar-refractivity contribution is -0.117. The Labute approximate surface area is 181 Å². The van der Waals surface area contributed by atoms with E-state index in [1.807, 2.05) is 29.2 Å². The Balaban J connectivity index is 1.47. The topological polar surface area (TPSA) is 61.9 Å². The summed E-state index contributed by atoms with van der Waals surface area (Å²) in [6, 6.07) is 12.8. The molecule has 4 rings (SSSR count). The van der Waals surface area contributed by atoms with Crippen molar-refractivity contribution in [1.82, 2.24) is 9.80 Å². The van der Waals surface area contributed by atoms with Gasteiger partial charge in [0.1, 0.15) is 5.75 Å². The molecule has 158 valence electrons. The highest BCUT2D eigenvalue weighted by Gasteiger charge is 2.45. The third-order valence-corrected chi connectivity index (χ3v) is 6.27. The van der Waals surface area contributed by atoms with Crippen LogP contribution >= 0.6 is 11.6 Å². The highest BCUT2D eigenvalue weighted by Crippen LogP contribution is 2.50. The van der Waals surface area contributed by atoms with Gasteiger partial charge in [-0.05, 0) is 49.2 Å². The van der Waals surface area contributed by atoms with Gasteiger partial charge in [0.2, 0.25) is 5.91 Å². The number of rotatable bonds is 5. The van der Waals surface area contributed by atoms with Crippen LogP contribution in [0, 0.1) is 5.92 Å². The van der Waals surface area contributed by atoms with Crippen LogP contribution < -0.4 is 10.1 Å². The monoisotopic (exact) mass is 427 g/mol. The fraction of sp³-hybridized carbons (Fsp3) is 0.391. The molecule has 2 unspecified atom stereocenters. The van der Waals surface area contributed by atoms with E-state index in [0.717, 1.165) is 25.1 Å². The molecule has 2 aromatic carbocycles. The number of carbonyl (C=O) groups is 2. The Morgan fingerprint density at radius 2 is 1.83 bits per heavy atom. The largest absolute Gasteiger partial charge is 0.495 e. The summed E-state index contributed by atoms with van der Waals surface area (Å²) in [7, 11) is 3.60. The lowest BCUT2D eigenvalue weighted by Crippen LogP contribution is -2.47. The first-order chi connectivity index (χ1) is 14.5. The van der Waals surface area contributed by atoms with Gasteiger partial charge in [-0.1, -0.05) is 29.8 Å². The number of piperazine rings is 1. The van der Waals surface area contributed by atoms with Crippen molar-refractivity contribution in [2.24, 2.45) is 5.92 Å². The van der Waals surface area contributed by atoms with Gasteiger partial charge in [0, 0.05) is 42.7 Å². The maximum absolute atomic E-state index is 12.9. The first kappa shape index (κ1) is 20.7. The molecule has 0 radical (unpaired) electrons. The van der Waals surface area contributed by atoms with E-state index in [-0.39, 0.29) is 23.7 Å². The van der Waals surface area contributed by atoms with Gasteiger partial charge in [-0.15, -0.1) is 0 Å². The predicted molar refractivity (Wildman–Crippen MR) is 117 cm³/mol. The molecule has 2 atom stereocenters. The van der Waals surface area contributed by atoms with E-state index in [9.17, 15) is 9.59 Å². The smallest absolute Gasteiger partial charge is 0.254 e. The molecule has 30 heavy (non-hydrogen) atoms. The molecule has 1 N–H and O–H groups in total. The predicted octanol–water partition coefficient (Wildman–Crippen LogP) is 3.48. The first-order valence-corrected chi connectivity index (χ1v) is 10.6. The van der Waals surface area contributed by atoms with E-state index in [0.29, 0.717) is 35.1 Å². The normalized spacial score (nSPS) is 21.2. The number of likely N-dealkylation sites (N-methyl/N-ethyl adjacent to an activating group) is 1. The summed E-state index contributed by atoms with van der Waals surface area (Å²) in [5, 5.41) is 3.65. The molecule has 0 spiro atoms. The zero-order valence-corrected chi connectivity index (χ0v) is 18.0. The summed E-state index contributed by atoms with van der Waals surface area (Å²) in [6.45, 7) is 3.11. The number of hydrogen-bond acceptors (Lipinski definition) is 4. The van der Waals surface area contributed by atoms with Crippen LogP contribution in [0.1, 0.15) is 28.3 Å². The standard InChI is InChI=1S/C23H26ClN3O3/c1-26-9-11-27(12-10-26)23(29)15-7-8-21(30-2)20(13-15)25-22(28)18-14-17(18)16-5-3-4-6-19(16)24/h3-8,13,17-18H,9-12,14H2,1-2H3,(H,25,28). The van der Waals surface area contributed by atoms with Crippen molar-refractivity contribution in [3.63, 3.8) is 0 Å². The van der Waals surface area contributed by atoms with Gasteiger partial charge < -0.3 is 19.9 Å². The maximum atomic E-state index is 12.9. The molecule has 1 aliphatic heterocycles. The summed E-state index contributed by atoms with van der Waals surface area (Å²) in [6.07, 6.45) is 0.762. The van der Waals surface area contributed by atoms with Crippen molar-refractivity contribution in [2.75, 3.05) is 45.7 Å². The van der Waals surface area contributed by atoms with Crippen molar-refractivity contribution < 1.29 is 14.3 Å². The van der Waals surface area contributed by atoms with Crippen LogP contribution in [-0.4, -0.2) is 62.0 Å². The second-order valence-electron chi connectivity index (χ2n) is 7.97. The molecule has 6 nitrogen and oxygen atoms in total. The van der Waals surface area contributed by atoms with E-state index in [1.165, 1.54) is 0 Å². The quantitative estimate of drug-likeness (QED) is 0.793. The average Bonchev–Trinajstić information content (AvgIpc) is 3.55. The summed E-state index contributed by atoms with van der Waals surface area (Å²) in [5.74, 6) is 0.420. The summed E-state index contributed by atoms with van der Waals surface area (Å²) in [4.78, 5) is 29.8. The fourth-order valence-corrected chi connectivity index (χ4v) is 4.24. The zero-order valence-electron chi connectivity index (χ0n) is 17.2. The second kappa shape index (κ2) is 8.66. The summed E-state index contributed by atoms with van der Waals surface area (Å²) < 4.78 is 5.40. The average molecular weight is 428 g/mol. The molecule has 1 heterocycles. The number of hydrogen-bond donors (Lipinski definition) is 1. The van der Waals surface area contributed by atoms with Crippen molar-refractivity contribution in [2.45, 2.75) is 12.3 Å². The van der Waals surface area contributed by atoms with E-state index in [1.54, 1.807) is 25.3 Å². The molecule has 7 heteroatoms. The Hall–Kier alpha value is -2.57. The SMILES string of the molecule is COc1ccc(C(=O)N2CCN(C)CC2)cc1NC(=O)C1CC1c1ccccc1Cl. The van der Waals surface area contributed by atoms with Crippen LogP contribution in [0.15, 0.2) is 42.5 Å². The van der Waals surface area contributed by atoms with Gasteiger partial charge in [-0.2, -0.15) is 0 Å². The van der Waals surface area contributed by atoms with Crippen LogP contribution in [0.5, 0.6) is 5.75 Å². The van der Waals surface area contributed by atoms with Crippen molar-refractivity contribution in [3.8, 4) is 5.75 Å². The molecule has 1 saturated carbocycles. The summed E-state index contributed by atoms with van der Waals surface area (Å²) in [5.41, 5.74) is 2.08. The number of benzene rings is 2. The Bertz CT molecular complexity index is 956. The van der Waals surface area contributed by atoms with E-state index in [2.05, 4.69) is 17.3 Å². The number of methoxy groups -OCH3 is 1. The number of halogens is 1. The van der Waals surface area contributed by atoms with Gasteiger partial charge in [0.25, 0.3) is 5.91 Å². The Morgan fingerprint density at radius 3 is 2.53 bits per heavy atom. The molecule has 2 aromatic rings. The third kappa shape index (κ3) is 4.30. The van der Waals surface area contributed by atoms with Crippen LogP contribution in [0.2, 0.25) is 5.02 Å². The molecular formula is C23H26ClN3O3. The minimum atomic E-state index is -0.133. The molecule has 2 amide bonds. The van der Waals surface area contributed by atoms with Gasteiger partial charge >= 0.3 is 0 Å². The molecule has 2 aliphatic rings. The van der Waals surface area contributed by atoms with Gasteiger partial charge in [0.05, 0.1) is 12.8 Å². The number of anilines is 1. The minimum Gasteiger partial charge on any atom is -0.495 e. The molecule has 1 aliphatic carbocycles. The number of nitrogens with one attached hydrogen (secondary N) is 1. The third-order valence-electron chi connectivity index (χ3n) is 5.93. The molecule has 2 fully saturated rings. The second-order valence-corrected chi connectivity index (χ2v) is 8.38. The van der Waals surface area contributed by atoms with Crippen molar-refractivity contribution >= 4 is 29.1 Å². The van der Waals surface area contributed by atoms with E-state index in [4.69, 9.17) is 16.3 Å². The molecule has 0 bridgehead atoms. The van der Waals surface area contributed by atoms with E-state index >= 15 is 0 Å². The van der Waals surface area contributed by atoms with Gasteiger partial charge in [0.15, 0.2) is 0 Å². The lowest BCUT2D eigenvalue weighted by Gasteiger charge is -2.32. The van der Waals surface area contributed by atoms with E-state index < -0.39 is 0 Å². The first-order valence-electron chi connectivity index (χ1n) is 10.2. The van der Waals surface area contributed by atoms with Crippen molar-refractivity contribution in [1.29, 1.82) is 0 Å². The molecule has 1 saturated heterocycles. The van der Waals surface area contributed by atoms with Crippen LogP contribution in [0.4, 0.5) is 5.69 Å². The van der Waals surface area contributed by atoms with Crippen LogP contribution in [0.3, 0.4) is 0 Å². The highest BCUT2D eigenvalue weighted by atomic mass is 35.5. The number of amides is 2. The lowest BCUT2D eigenvalue weighted by atomic mass is 10.1. The van der Waals surface area contributed by atoms with Gasteiger partial charge in [-0.3, -0.25) is 9.59 Å². The van der Waals surface area contributed by atoms with Gasteiger partial charge in [-0.25, -0.2) is 0 Å². The Morgan fingerprint density at radius 1 is 1.10 bits per heavy atom. The zero-order chi connectivity index (χ0) is 21.3. The minimum absolute atomic E-state index is 0.0263. The summed E-state index contributed by atoms with van der Waals surface area (Å²) >= 11 is 6.28. The number of ether oxygens (including phenoxy) is 1. The Kier molecular flexibility index (Phi) is 5.97. The van der Waals surface area contributed by atoms with Crippen LogP contribution in [0.25, 0.3) is 0 Å². The highest BCUT2D eigenvalue weighted by molar-refractivity contribution is 6.31. The maximum Gasteiger partial charge on any atom is 0.254 e. The molecule has 0 aromatic heterocycles. The molecular weight excluding hydrogens is 402 g/mol. The fourth-order valence-electron chi connectivity index (χ4n) is 3.96. The number of carbonyl (C=O) groups excluding carboxylic acids is 2. The van der Waals surface area contributed by atoms with Crippen LogP contribution in [-0.2, 0) is 4.79 Å².